The first-order valence-electron chi connectivity index (χ1n) is 11.9. The molecule has 1 fully saturated rings. The van der Waals surface area contributed by atoms with Crippen LogP contribution in [-0.4, -0.2) is 68.1 Å². The first-order chi connectivity index (χ1) is 18.6. The van der Waals surface area contributed by atoms with Gasteiger partial charge in [0.1, 0.15) is 29.1 Å². The van der Waals surface area contributed by atoms with Crippen molar-refractivity contribution in [1.29, 1.82) is 0 Å². The number of β-amino-alcohol motifs (C(OH)–C–C–N with tert-alkyl or cyclic N) is 1. The van der Waals surface area contributed by atoms with E-state index in [1.807, 2.05) is 0 Å². The van der Waals surface area contributed by atoms with E-state index in [1.165, 1.54) is 34.1 Å². The van der Waals surface area contributed by atoms with Crippen LogP contribution in [0.1, 0.15) is 10.4 Å². The molecule has 5 heterocycles. The number of benzene rings is 1. The number of rotatable bonds is 4. The number of carbonyl (C=O) groups is 1. The molecule has 4 N–H and O–H groups in total. The highest BCUT2D eigenvalue weighted by Gasteiger charge is 2.35. The van der Waals surface area contributed by atoms with Crippen LogP contribution in [0, 0.1) is 11.6 Å². The Bertz CT molecular complexity index is 1890. The van der Waals surface area contributed by atoms with Gasteiger partial charge >= 0.3 is 5.97 Å². The molecule has 0 aliphatic carbocycles. The summed E-state index contributed by atoms with van der Waals surface area (Å²) in [6.45, 7) is -0.372. The zero-order valence-electron chi connectivity index (χ0n) is 20.6. The molecule has 5 aromatic rings. The van der Waals surface area contributed by atoms with Crippen molar-refractivity contribution < 1.29 is 28.2 Å². The van der Waals surface area contributed by atoms with Crippen LogP contribution in [0.25, 0.3) is 44.1 Å². The number of alkyl halides is 1. The van der Waals surface area contributed by atoms with Gasteiger partial charge in [0.2, 0.25) is 5.43 Å². The van der Waals surface area contributed by atoms with Gasteiger partial charge in [-0.25, -0.2) is 27.9 Å². The van der Waals surface area contributed by atoms with Crippen LogP contribution in [0.5, 0.6) is 0 Å². The van der Waals surface area contributed by atoms with Gasteiger partial charge in [-0.15, -0.1) is 0 Å². The third kappa shape index (κ3) is 3.61. The molecule has 2 atom stereocenters. The number of aryl methyl sites for hydroxylation is 1. The molecule has 0 unspecified atom stereocenters. The summed E-state index contributed by atoms with van der Waals surface area (Å²) in [5, 5.41) is 22.6. The fourth-order valence-corrected chi connectivity index (χ4v) is 5.27. The van der Waals surface area contributed by atoms with E-state index in [2.05, 4.69) is 20.3 Å². The molecule has 13 heteroatoms. The van der Waals surface area contributed by atoms with Gasteiger partial charge in [-0.3, -0.25) is 4.79 Å². The van der Waals surface area contributed by atoms with Crippen molar-refractivity contribution in [3.63, 3.8) is 0 Å². The number of aromatic amines is 1. The van der Waals surface area contributed by atoms with Crippen molar-refractivity contribution in [2.24, 2.45) is 7.05 Å². The lowest BCUT2D eigenvalue weighted by molar-refractivity contribution is 0.0695. The Labute approximate surface area is 217 Å². The lowest BCUT2D eigenvalue weighted by Crippen LogP contribution is -2.22. The Kier molecular flexibility index (Phi) is 5.50. The Morgan fingerprint density at radius 2 is 1.95 bits per heavy atom. The number of nitrogens with one attached hydrogen (secondary N) is 2. The minimum absolute atomic E-state index is 0.0133. The van der Waals surface area contributed by atoms with Gasteiger partial charge in [0.05, 0.1) is 39.6 Å². The zero-order valence-corrected chi connectivity index (χ0v) is 20.6. The largest absolute Gasteiger partial charge is 0.477 e. The molecule has 0 spiro atoms. The van der Waals surface area contributed by atoms with Gasteiger partial charge in [0, 0.05) is 56.4 Å². The monoisotopic (exact) mass is 538 g/mol. The summed E-state index contributed by atoms with van der Waals surface area (Å²) >= 11 is 0. The van der Waals surface area contributed by atoms with Crippen LogP contribution in [0.3, 0.4) is 0 Å². The van der Waals surface area contributed by atoms with Crippen molar-refractivity contribution in [3.8, 4) is 11.1 Å². The number of nitrogens with zero attached hydrogens (tertiary/aromatic N) is 4. The number of aliphatic hydroxyl groups excluding tert-OH is 1. The molecule has 200 valence electrons. The average Bonchev–Trinajstić information content (AvgIpc) is 3.47. The van der Waals surface area contributed by atoms with Crippen LogP contribution in [0.15, 0.2) is 35.5 Å². The standard InChI is InChI=1S/C26H21F3N6O4/c1-30-16-4-14(27)20(29)18-19-22(35-8-15(28)17(36)9-35)12(6-31-24(19)33-21(16)18)10-3-11-23(37)13(26(38)39)7-34(2)25(11)32-5-10/h3-7,15,17,30,36H,8-9H2,1-2H3,(H,31,33)(H,38,39)/t15-,17-/m1/s1. The fourth-order valence-electron chi connectivity index (χ4n) is 5.27. The summed E-state index contributed by atoms with van der Waals surface area (Å²) in [6, 6.07) is 2.45. The van der Waals surface area contributed by atoms with E-state index < -0.39 is 40.9 Å². The number of carboxylic acids is 1. The Morgan fingerprint density at radius 1 is 1.18 bits per heavy atom. The number of fused-ring (bicyclic) bond motifs is 4. The quantitative estimate of drug-likeness (QED) is 0.274. The number of hydrogen-bond donors (Lipinski definition) is 4. The van der Waals surface area contributed by atoms with Crippen LogP contribution < -0.4 is 15.6 Å². The van der Waals surface area contributed by atoms with Crippen molar-refractivity contribution >= 4 is 50.3 Å². The second kappa shape index (κ2) is 8.70. The highest BCUT2D eigenvalue weighted by atomic mass is 19.2. The molecule has 0 bridgehead atoms. The molecule has 39 heavy (non-hydrogen) atoms. The summed E-state index contributed by atoms with van der Waals surface area (Å²) in [5.41, 5.74) is 0.600. The minimum Gasteiger partial charge on any atom is -0.477 e. The Morgan fingerprint density at radius 3 is 2.62 bits per heavy atom. The van der Waals surface area contributed by atoms with E-state index in [4.69, 9.17) is 0 Å². The number of hydrogen-bond acceptors (Lipinski definition) is 7. The average molecular weight is 538 g/mol. The van der Waals surface area contributed by atoms with E-state index in [0.29, 0.717) is 11.1 Å². The van der Waals surface area contributed by atoms with Crippen molar-refractivity contribution in [1.82, 2.24) is 19.5 Å². The maximum atomic E-state index is 15.4. The van der Waals surface area contributed by atoms with Gasteiger partial charge in [0.25, 0.3) is 0 Å². The summed E-state index contributed by atoms with van der Waals surface area (Å²) in [6.07, 6.45) is 1.11. The van der Waals surface area contributed by atoms with Gasteiger partial charge in [0.15, 0.2) is 11.6 Å². The zero-order chi connectivity index (χ0) is 27.7. The lowest BCUT2D eigenvalue weighted by Gasteiger charge is -2.23. The number of aliphatic hydroxyl groups is 1. The van der Waals surface area contributed by atoms with Crippen LogP contribution >= 0.6 is 0 Å². The smallest absolute Gasteiger partial charge is 0.341 e. The molecule has 0 saturated carbocycles. The summed E-state index contributed by atoms with van der Waals surface area (Å²) in [4.78, 5) is 37.9. The third-order valence-corrected chi connectivity index (χ3v) is 7.12. The number of aromatic nitrogens is 4. The van der Waals surface area contributed by atoms with Gasteiger partial charge in [-0.1, -0.05) is 0 Å². The molecule has 1 saturated heterocycles. The number of carboxylic acid groups (broad SMARTS) is 1. The SMILES string of the molecule is CNc1cc(F)c(F)c2c1[nH]c1ncc(-c3cnc4c(c3)c(=O)c(C(=O)O)cn4C)c(N3C[C@@H](O)[C@H](F)C3)c12. The number of H-pyrrole nitrogens is 1. The van der Waals surface area contributed by atoms with Crippen molar-refractivity contribution in [3.05, 3.63) is 58.1 Å². The summed E-state index contributed by atoms with van der Waals surface area (Å²) < 4.78 is 46.0. The first-order valence-corrected chi connectivity index (χ1v) is 11.9. The van der Waals surface area contributed by atoms with E-state index in [9.17, 15) is 28.6 Å². The number of aromatic carboxylic acids is 1. The Hall–Kier alpha value is -4.65. The van der Waals surface area contributed by atoms with Gasteiger partial charge < -0.3 is 30.0 Å². The van der Waals surface area contributed by atoms with E-state index in [-0.39, 0.29) is 57.4 Å². The lowest BCUT2D eigenvalue weighted by atomic mass is 10.0. The third-order valence-electron chi connectivity index (χ3n) is 7.12. The molecule has 1 aromatic carbocycles. The molecule has 6 rings (SSSR count). The highest BCUT2D eigenvalue weighted by Crippen LogP contribution is 2.44. The minimum atomic E-state index is -1.60. The van der Waals surface area contributed by atoms with Gasteiger partial charge in [-0.05, 0) is 6.07 Å². The number of halogens is 3. The summed E-state index contributed by atoms with van der Waals surface area (Å²) in [7, 11) is 3.10. The van der Waals surface area contributed by atoms with E-state index in [1.54, 1.807) is 14.1 Å². The molecular weight excluding hydrogens is 517 g/mol. The second-order valence-electron chi connectivity index (χ2n) is 9.46. The van der Waals surface area contributed by atoms with E-state index >= 15 is 4.39 Å². The van der Waals surface area contributed by atoms with Crippen LogP contribution in [-0.2, 0) is 7.05 Å². The van der Waals surface area contributed by atoms with Gasteiger partial charge in [-0.2, -0.15) is 0 Å². The summed E-state index contributed by atoms with van der Waals surface area (Å²) in [5.74, 6) is -3.64. The predicted molar refractivity (Wildman–Crippen MR) is 139 cm³/mol. The van der Waals surface area contributed by atoms with Crippen LogP contribution in [0.4, 0.5) is 24.5 Å². The fraction of sp³-hybridized carbons (Fsp3) is 0.231. The van der Waals surface area contributed by atoms with Crippen LogP contribution in [0.2, 0.25) is 0 Å². The van der Waals surface area contributed by atoms with Crippen molar-refractivity contribution in [2.45, 2.75) is 12.3 Å². The molecule has 0 radical (unpaired) electrons. The molecule has 4 aromatic heterocycles. The molecule has 1 aliphatic rings. The molecular formula is C26H21F3N6O4. The topological polar surface area (TPSA) is 136 Å². The normalized spacial score (nSPS) is 17.5. The Balaban J connectivity index is 1.72. The van der Waals surface area contributed by atoms with Crippen molar-refractivity contribution in [2.75, 3.05) is 30.4 Å². The number of anilines is 2. The maximum absolute atomic E-state index is 15.4. The van der Waals surface area contributed by atoms with E-state index in [0.717, 1.165) is 6.07 Å². The molecule has 10 nitrogen and oxygen atoms in total. The molecule has 0 amide bonds. The second-order valence-corrected chi connectivity index (χ2v) is 9.46. The maximum Gasteiger partial charge on any atom is 0.341 e. The highest BCUT2D eigenvalue weighted by molar-refractivity contribution is 6.18. The predicted octanol–water partition coefficient (Wildman–Crippen LogP) is 3.17. The first kappa shape index (κ1) is 24.7. The number of pyridine rings is 3. The molecule has 1 aliphatic heterocycles.